The Morgan fingerprint density at radius 3 is 2.38 bits per heavy atom. The van der Waals surface area contributed by atoms with E-state index in [1.54, 1.807) is 14.2 Å². The van der Waals surface area contributed by atoms with Crippen molar-refractivity contribution in [3.8, 4) is 17.2 Å². The van der Waals surface area contributed by atoms with Gasteiger partial charge >= 0.3 is 0 Å². The molecule has 24 heavy (non-hydrogen) atoms. The molecular weight excluding hydrogens is 302 g/mol. The molecule has 0 aliphatic carbocycles. The number of rotatable bonds is 8. The van der Waals surface area contributed by atoms with Crippen LogP contribution in [0.15, 0.2) is 36.4 Å². The zero-order chi connectivity index (χ0) is 17.5. The van der Waals surface area contributed by atoms with Gasteiger partial charge in [0.05, 0.1) is 20.8 Å². The maximum absolute atomic E-state index is 6.06. The van der Waals surface area contributed by atoms with E-state index in [0.717, 1.165) is 23.7 Å². The minimum Gasteiger partial charge on any atom is -0.497 e. The molecule has 4 heteroatoms. The van der Waals surface area contributed by atoms with Gasteiger partial charge in [-0.25, -0.2) is 0 Å². The molecule has 4 nitrogen and oxygen atoms in total. The summed E-state index contributed by atoms with van der Waals surface area (Å²) in [6.07, 6.45) is 0.855. The lowest BCUT2D eigenvalue weighted by Gasteiger charge is -2.19. The zero-order valence-electron chi connectivity index (χ0n) is 15.0. The maximum Gasteiger partial charge on any atom is 0.161 e. The summed E-state index contributed by atoms with van der Waals surface area (Å²) in [5.41, 5.74) is 9.70. The summed E-state index contributed by atoms with van der Waals surface area (Å²) in [5, 5.41) is 0. The van der Waals surface area contributed by atoms with Crippen LogP contribution in [0.2, 0.25) is 0 Å². The second-order valence-corrected chi connectivity index (χ2v) is 5.78. The van der Waals surface area contributed by atoms with Gasteiger partial charge < -0.3 is 19.9 Å². The number of aryl methyl sites for hydroxylation is 1. The summed E-state index contributed by atoms with van der Waals surface area (Å²) in [5.74, 6) is 2.65. The molecule has 0 saturated heterocycles. The van der Waals surface area contributed by atoms with Crippen molar-refractivity contribution in [2.24, 2.45) is 5.73 Å². The molecule has 0 spiro atoms. The van der Waals surface area contributed by atoms with Crippen LogP contribution in [-0.2, 0) is 6.42 Å². The fourth-order valence-corrected chi connectivity index (χ4v) is 2.95. The molecule has 1 atom stereocenters. The SMILES string of the molecule is CCOc1cc(CC(CN)c2ccc(OC)cc2C)ccc1OC. The van der Waals surface area contributed by atoms with Gasteiger partial charge in [0.2, 0.25) is 0 Å². The first-order valence-corrected chi connectivity index (χ1v) is 8.27. The minimum absolute atomic E-state index is 0.249. The first-order chi connectivity index (χ1) is 11.6. The summed E-state index contributed by atoms with van der Waals surface area (Å²) in [6, 6.07) is 12.2. The van der Waals surface area contributed by atoms with E-state index in [1.165, 1.54) is 16.7 Å². The van der Waals surface area contributed by atoms with Crippen LogP contribution in [0.3, 0.4) is 0 Å². The van der Waals surface area contributed by atoms with Gasteiger partial charge in [-0.2, -0.15) is 0 Å². The highest BCUT2D eigenvalue weighted by molar-refractivity contribution is 5.44. The van der Waals surface area contributed by atoms with Gasteiger partial charge in [-0.15, -0.1) is 0 Å². The van der Waals surface area contributed by atoms with Crippen molar-refractivity contribution in [2.45, 2.75) is 26.2 Å². The van der Waals surface area contributed by atoms with Gasteiger partial charge in [-0.05, 0) is 67.8 Å². The third kappa shape index (κ3) is 4.20. The van der Waals surface area contributed by atoms with E-state index in [-0.39, 0.29) is 5.92 Å². The predicted octanol–water partition coefficient (Wildman–Crippen LogP) is 3.70. The van der Waals surface area contributed by atoms with Gasteiger partial charge in [-0.1, -0.05) is 12.1 Å². The van der Waals surface area contributed by atoms with Gasteiger partial charge in [0.25, 0.3) is 0 Å². The average Bonchev–Trinajstić information content (AvgIpc) is 2.60. The highest BCUT2D eigenvalue weighted by Gasteiger charge is 2.15. The van der Waals surface area contributed by atoms with E-state index < -0.39 is 0 Å². The van der Waals surface area contributed by atoms with Crippen LogP contribution in [0.25, 0.3) is 0 Å². The van der Waals surface area contributed by atoms with E-state index in [4.69, 9.17) is 19.9 Å². The Balaban J connectivity index is 2.25. The molecule has 0 radical (unpaired) electrons. The molecule has 130 valence electrons. The molecule has 0 amide bonds. The molecule has 0 saturated carbocycles. The molecule has 2 N–H and O–H groups in total. The van der Waals surface area contributed by atoms with Crippen LogP contribution < -0.4 is 19.9 Å². The second kappa shape index (κ2) is 8.60. The molecule has 0 aliphatic heterocycles. The third-order valence-electron chi connectivity index (χ3n) is 4.21. The van der Waals surface area contributed by atoms with Crippen molar-refractivity contribution in [3.63, 3.8) is 0 Å². The number of ether oxygens (including phenoxy) is 3. The number of methoxy groups -OCH3 is 2. The molecular formula is C20H27NO3. The molecule has 0 fully saturated rings. The largest absolute Gasteiger partial charge is 0.497 e. The normalized spacial score (nSPS) is 11.9. The lowest BCUT2D eigenvalue weighted by atomic mass is 9.89. The third-order valence-corrected chi connectivity index (χ3v) is 4.21. The Labute approximate surface area is 144 Å². The molecule has 0 bridgehead atoms. The topological polar surface area (TPSA) is 53.7 Å². The first-order valence-electron chi connectivity index (χ1n) is 8.27. The van der Waals surface area contributed by atoms with Gasteiger partial charge in [0, 0.05) is 5.92 Å². The highest BCUT2D eigenvalue weighted by atomic mass is 16.5. The quantitative estimate of drug-likeness (QED) is 0.802. The Morgan fingerprint density at radius 2 is 1.79 bits per heavy atom. The van der Waals surface area contributed by atoms with E-state index in [9.17, 15) is 0 Å². The number of hydrogen-bond donors (Lipinski definition) is 1. The smallest absolute Gasteiger partial charge is 0.161 e. The Morgan fingerprint density at radius 1 is 1.00 bits per heavy atom. The fraction of sp³-hybridized carbons (Fsp3) is 0.400. The molecule has 2 aromatic carbocycles. The summed E-state index contributed by atoms with van der Waals surface area (Å²) in [7, 11) is 3.34. The molecule has 2 rings (SSSR count). The molecule has 1 unspecified atom stereocenters. The minimum atomic E-state index is 0.249. The molecule has 0 aromatic heterocycles. The standard InChI is InChI=1S/C20H27NO3/c1-5-24-20-12-15(6-9-19(20)23-4)11-16(13-21)18-8-7-17(22-3)10-14(18)2/h6-10,12,16H,5,11,13,21H2,1-4H3. The van der Waals surface area contributed by atoms with Gasteiger partial charge in [0.15, 0.2) is 11.5 Å². The zero-order valence-corrected chi connectivity index (χ0v) is 15.0. The van der Waals surface area contributed by atoms with E-state index in [0.29, 0.717) is 13.2 Å². The summed E-state index contributed by atoms with van der Waals surface area (Å²) < 4.78 is 16.3. The van der Waals surface area contributed by atoms with Crippen LogP contribution in [0.4, 0.5) is 0 Å². The van der Waals surface area contributed by atoms with Crippen LogP contribution in [-0.4, -0.2) is 27.4 Å². The lowest BCUT2D eigenvalue weighted by molar-refractivity contribution is 0.310. The molecule has 0 heterocycles. The van der Waals surface area contributed by atoms with Gasteiger partial charge in [0.1, 0.15) is 5.75 Å². The summed E-state index contributed by atoms with van der Waals surface area (Å²) in [4.78, 5) is 0. The van der Waals surface area contributed by atoms with E-state index in [2.05, 4.69) is 25.1 Å². The van der Waals surface area contributed by atoms with Crippen LogP contribution in [0.1, 0.15) is 29.5 Å². The van der Waals surface area contributed by atoms with Crippen molar-refractivity contribution in [3.05, 3.63) is 53.1 Å². The second-order valence-electron chi connectivity index (χ2n) is 5.78. The monoisotopic (exact) mass is 329 g/mol. The summed E-state index contributed by atoms with van der Waals surface area (Å²) in [6.45, 7) is 5.26. The molecule has 2 aromatic rings. The predicted molar refractivity (Wildman–Crippen MR) is 97.4 cm³/mol. The highest BCUT2D eigenvalue weighted by Crippen LogP contribution is 2.31. The van der Waals surface area contributed by atoms with Crippen LogP contribution >= 0.6 is 0 Å². The van der Waals surface area contributed by atoms with E-state index in [1.807, 2.05) is 25.1 Å². The average molecular weight is 329 g/mol. The lowest BCUT2D eigenvalue weighted by Crippen LogP contribution is -2.16. The van der Waals surface area contributed by atoms with Crippen molar-refractivity contribution in [1.82, 2.24) is 0 Å². The van der Waals surface area contributed by atoms with Crippen molar-refractivity contribution >= 4 is 0 Å². The van der Waals surface area contributed by atoms with Crippen molar-refractivity contribution < 1.29 is 14.2 Å². The van der Waals surface area contributed by atoms with Crippen molar-refractivity contribution in [2.75, 3.05) is 27.4 Å². The number of benzene rings is 2. The Bertz CT molecular complexity index is 670. The number of nitrogens with two attached hydrogens (primary N) is 1. The summed E-state index contributed by atoms with van der Waals surface area (Å²) >= 11 is 0. The van der Waals surface area contributed by atoms with Crippen molar-refractivity contribution in [1.29, 1.82) is 0 Å². The Kier molecular flexibility index (Phi) is 6.50. The Hall–Kier alpha value is -2.20. The molecule has 0 aliphatic rings. The fourth-order valence-electron chi connectivity index (χ4n) is 2.95. The van der Waals surface area contributed by atoms with E-state index >= 15 is 0 Å². The van der Waals surface area contributed by atoms with Crippen LogP contribution in [0, 0.1) is 6.92 Å². The first kappa shape index (κ1) is 18.1. The van der Waals surface area contributed by atoms with Crippen LogP contribution in [0.5, 0.6) is 17.2 Å². The maximum atomic E-state index is 6.06. The van der Waals surface area contributed by atoms with Gasteiger partial charge in [-0.3, -0.25) is 0 Å². The number of hydrogen-bond acceptors (Lipinski definition) is 4.